The van der Waals surface area contributed by atoms with E-state index >= 15 is 0 Å². The fourth-order valence-electron chi connectivity index (χ4n) is 9.73. The Morgan fingerprint density at radius 1 is 0.302 bits per heavy atom. The summed E-state index contributed by atoms with van der Waals surface area (Å²) < 4.78 is 0. The molecule has 10 aromatic carbocycles. The van der Waals surface area contributed by atoms with Crippen molar-refractivity contribution in [3.8, 4) is 44.5 Å². The van der Waals surface area contributed by atoms with Gasteiger partial charge in [-0.15, -0.1) is 0 Å². The van der Waals surface area contributed by atoms with E-state index in [9.17, 15) is 0 Å². The lowest BCUT2D eigenvalue weighted by molar-refractivity contribution is 0.666. The third-order valence-electron chi connectivity index (χ3n) is 12.0. The first-order chi connectivity index (χ1) is 26.1. The summed E-state index contributed by atoms with van der Waals surface area (Å²) in [7, 11) is 0. The number of fused-ring (bicyclic) bond motifs is 11. The second-order valence-corrected chi connectivity index (χ2v) is 15.2. The molecule has 248 valence electrons. The van der Waals surface area contributed by atoms with Gasteiger partial charge in [0.15, 0.2) is 0 Å². The Kier molecular flexibility index (Phi) is 6.40. The molecule has 0 N–H and O–H groups in total. The van der Waals surface area contributed by atoms with E-state index in [4.69, 9.17) is 0 Å². The first-order valence-corrected chi connectivity index (χ1v) is 18.7. The van der Waals surface area contributed by atoms with E-state index in [2.05, 4.69) is 196 Å². The van der Waals surface area contributed by atoms with Gasteiger partial charge in [0.1, 0.15) is 0 Å². The van der Waals surface area contributed by atoms with Crippen molar-refractivity contribution in [2.24, 2.45) is 0 Å². The molecule has 0 aliphatic heterocycles. The Morgan fingerprint density at radius 2 is 0.755 bits per heavy atom. The second-order valence-electron chi connectivity index (χ2n) is 15.2. The van der Waals surface area contributed by atoms with Gasteiger partial charge in [-0.3, -0.25) is 0 Å². The number of hydrogen-bond donors (Lipinski definition) is 0. The van der Waals surface area contributed by atoms with Crippen molar-refractivity contribution < 1.29 is 0 Å². The van der Waals surface area contributed by atoms with Gasteiger partial charge in [-0.2, -0.15) is 0 Å². The molecule has 0 heterocycles. The van der Waals surface area contributed by atoms with Crippen LogP contribution in [0.15, 0.2) is 182 Å². The summed E-state index contributed by atoms with van der Waals surface area (Å²) >= 11 is 0. The molecule has 0 radical (unpaired) electrons. The van der Waals surface area contributed by atoms with Crippen LogP contribution >= 0.6 is 0 Å². The molecule has 53 heavy (non-hydrogen) atoms. The van der Waals surface area contributed by atoms with Gasteiger partial charge >= 0.3 is 0 Å². The van der Waals surface area contributed by atoms with Crippen LogP contribution in [0.4, 0.5) is 0 Å². The van der Waals surface area contributed by atoms with Crippen LogP contribution < -0.4 is 0 Å². The third kappa shape index (κ3) is 4.30. The van der Waals surface area contributed by atoms with Crippen molar-refractivity contribution in [1.29, 1.82) is 0 Å². The lowest BCUT2D eigenvalue weighted by Crippen LogP contribution is -2.15. The summed E-state index contributed by atoms with van der Waals surface area (Å²) in [4.78, 5) is 0. The molecule has 0 spiro atoms. The highest BCUT2D eigenvalue weighted by Crippen LogP contribution is 2.56. The number of rotatable bonds is 3. The zero-order valence-electron chi connectivity index (χ0n) is 29.8. The predicted molar refractivity (Wildman–Crippen MR) is 228 cm³/mol. The maximum Gasteiger partial charge on any atom is 0.0165 e. The van der Waals surface area contributed by atoms with Gasteiger partial charge in [-0.25, -0.2) is 0 Å². The highest BCUT2D eigenvalue weighted by atomic mass is 14.4. The SMILES string of the molecule is CC1(C)c2ccc(-c3c4ccccc4c(-c4cccc(-c5cccc6ccccc56)c4)c4ccccc34)cc2-c2c1c1ccccc1c1ccccc21. The molecule has 10 aromatic rings. The molecule has 0 unspecified atom stereocenters. The minimum atomic E-state index is -0.129. The van der Waals surface area contributed by atoms with E-state index in [0.717, 1.165) is 0 Å². The molecule has 0 bridgehead atoms. The first-order valence-electron chi connectivity index (χ1n) is 18.7. The normalized spacial score (nSPS) is 13.2. The summed E-state index contributed by atoms with van der Waals surface area (Å²) in [6.45, 7) is 4.81. The minimum Gasteiger partial charge on any atom is -0.0616 e. The monoisotopic (exact) mass is 672 g/mol. The van der Waals surface area contributed by atoms with Crippen LogP contribution in [0.25, 0.3) is 98.4 Å². The zero-order valence-corrected chi connectivity index (χ0v) is 29.8. The predicted octanol–water partition coefficient (Wildman–Crippen LogP) is 14.8. The maximum absolute atomic E-state index is 2.50. The minimum absolute atomic E-state index is 0.129. The van der Waals surface area contributed by atoms with Gasteiger partial charge in [0.25, 0.3) is 0 Å². The van der Waals surface area contributed by atoms with Crippen molar-refractivity contribution in [2.75, 3.05) is 0 Å². The topological polar surface area (TPSA) is 0 Å². The summed E-state index contributed by atoms with van der Waals surface area (Å²) in [5.74, 6) is 0. The number of hydrogen-bond acceptors (Lipinski definition) is 0. The van der Waals surface area contributed by atoms with Crippen LogP contribution in [0.3, 0.4) is 0 Å². The molecule has 1 aliphatic carbocycles. The molecule has 1 aliphatic rings. The standard InChI is InChI=1S/C53H36/c1-53(2)48-30-29-36(32-47(48)51-41-22-7-5-20-39(41)40-21-6-12-27-46(40)52(51)53)50-44-25-10-8-23-42(44)49(43-24-9-11-26-45(43)50)35-18-13-17-34(31-35)38-28-14-16-33-15-3-4-19-37(33)38/h3-32H,1-2H3. The van der Waals surface area contributed by atoms with Gasteiger partial charge in [0.2, 0.25) is 0 Å². The largest absolute Gasteiger partial charge is 0.0616 e. The van der Waals surface area contributed by atoms with Crippen LogP contribution in [-0.2, 0) is 5.41 Å². The smallest absolute Gasteiger partial charge is 0.0165 e. The van der Waals surface area contributed by atoms with Crippen molar-refractivity contribution in [3.05, 3.63) is 193 Å². The fraction of sp³-hybridized carbons (Fsp3) is 0.0566. The fourth-order valence-corrected chi connectivity index (χ4v) is 9.73. The Labute approximate surface area is 309 Å². The Hall–Kier alpha value is -6.50. The van der Waals surface area contributed by atoms with Crippen molar-refractivity contribution in [2.45, 2.75) is 19.3 Å². The third-order valence-corrected chi connectivity index (χ3v) is 12.0. The van der Waals surface area contributed by atoms with Gasteiger partial charge in [0, 0.05) is 5.41 Å². The van der Waals surface area contributed by atoms with Crippen LogP contribution in [-0.4, -0.2) is 0 Å². The van der Waals surface area contributed by atoms with E-state index in [0.29, 0.717) is 0 Å². The molecule has 0 amide bonds. The van der Waals surface area contributed by atoms with Gasteiger partial charge < -0.3 is 0 Å². The van der Waals surface area contributed by atoms with Crippen LogP contribution in [0.5, 0.6) is 0 Å². The molecule has 11 rings (SSSR count). The van der Waals surface area contributed by atoms with Crippen molar-refractivity contribution in [3.63, 3.8) is 0 Å². The van der Waals surface area contributed by atoms with Crippen molar-refractivity contribution in [1.82, 2.24) is 0 Å². The summed E-state index contributed by atoms with van der Waals surface area (Å²) in [6, 6.07) is 67.8. The average Bonchev–Trinajstić information content (AvgIpc) is 3.45. The second kappa shape index (κ2) is 11.2. The van der Waals surface area contributed by atoms with Gasteiger partial charge in [-0.1, -0.05) is 184 Å². The molecular weight excluding hydrogens is 637 g/mol. The molecule has 0 atom stereocenters. The Morgan fingerprint density at radius 3 is 1.40 bits per heavy atom. The Bertz CT molecular complexity index is 3080. The lowest BCUT2D eigenvalue weighted by atomic mass is 9.79. The quantitative estimate of drug-likeness (QED) is 0.129. The van der Waals surface area contributed by atoms with Crippen LogP contribution in [0, 0.1) is 0 Å². The summed E-state index contributed by atoms with van der Waals surface area (Å²) in [5.41, 5.74) is 13.0. The molecule has 0 aromatic heterocycles. The lowest BCUT2D eigenvalue weighted by Gasteiger charge is -2.24. The summed E-state index contributed by atoms with van der Waals surface area (Å²) in [5, 5.41) is 13.0. The van der Waals surface area contributed by atoms with E-state index in [1.165, 1.54) is 109 Å². The summed E-state index contributed by atoms with van der Waals surface area (Å²) in [6.07, 6.45) is 0. The average molecular weight is 673 g/mol. The molecule has 0 nitrogen and oxygen atoms in total. The highest BCUT2D eigenvalue weighted by Gasteiger charge is 2.38. The highest BCUT2D eigenvalue weighted by molar-refractivity contribution is 6.23. The van der Waals surface area contributed by atoms with Gasteiger partial charge in [0.05, 0.1) is 0 Å². The first kappa shape index (κ1) is 30.2. The van der Waals surface area contributed by atoms with E-state index in [1.807, 2.05) is 0 Å². The van der Waals surface area contributed by atoms with Crippen molar-refractivity contribution >= 4 is 53.9 Å². The molecule has 0 saturated heterocycles. The van der Waals surface area contributed by atoms with Gasteiger partial charge in [-0.05, 0) is 122 Å². The maximum atomic E-state index is 2.50. The molecular formula is C53H36. The molecule has 0 fully saturated rings. The van der Waals surface area contributed by atoms with Crippen LogP contribution in [0.2, 0.25) is 0 Å². The van der Waals surface area contributed by atoms with E-state index in [1.54, 1.807) is 0 Å². The molecule has 0 saturated carbocycles. The van der Waals surface area contributed by atoms with E-state index < -0.39 is 0 Å². The number of benzene rings is 10. The Balaban J connectivity index is 1.17. The molecule has 0 heteroatoms. The van der Waals surface area contributed by atoms with E-state index in [-0.39, 0.29) is 5.41 Å². The van der Waals surface area contributed by atoms with Crippen LogP contribution in [0.1, 0.15) is 25.0 Å². The zero-order chi connectivity index (χ0) is 35.3.